The third-order valence-corrected chi connectivity index (χ3v) is 26.2. The van der Waals surface area contributed by atoms with Crippen LogP contribution in [0.4, 0.5) is 0 Å². The van der Waals surface area contributed by atoms with Crippen LogP contribution in [0, 0.1) is 0 Å². The van der Waals surface area contributed by atoms with Crippen molar-refractivity contribution in [3.05, 3.63) is 352 Å². The first-order valence-corrected chi connectivity index (χ1v) is 36.6. The minimum atomic E-state index is -3.17. The molecule has 20 rings (SSSR count). The van der Waals surface area contributed by atoms with Crippen LogP contribution in [0.15, 0.2) is 352 Å². The molecule has 0 amide bonds. The number of rotatable bonds is 8. The van der Waals surface area contributed by atoms with Gasteiger partial charge in [0.25, 0.3) is 0 Å². The van der Waals surface area contributed by atoms with Gasteiger partial charge in [-0.2, -0.15) is 0 Å². The Morgan fingerprint density at radius 1 is 0.245 bits per heavy atom. The van der Waals surface area contributed by atoms with Gasteiger partial charge in [-0.25, -0.2) is 9.97 Å². The highest BCUT2D eigenvalue weighted by Crippen LogP contribution is 2.57. The van der Waals surface area contributed by atoms with E-state index < -0.39 is 14.3 Å². The summed E-state index contributed by atoms with van der Waals surface area (Å²) < 4.78 is 36.1. The van der Waals surface area contributed by atoms with E-state index in [1.54, 1.807) is 0 Å². The van der Waals surface area contributed by atoms with E-state index in [1.165, 1.54) is 0 Å². The van der Waals surface area contributed by atoms with Gasteiger partial charge in [0.05, 0.1) is 44.8 Å². The van der Waals surface area contributed by atoms with Crippen molar-refractivity contribution in [1.29, 1.82) is 0 Å². The van der Waals surface area contributed by atoms with E-state index in [-0.39, 0.29) is 0 Å². The molecule has 14 aromatic carbocycles. The van der Waals surface area contributed by atoms with E-state index in [0.717, 1.165) is 176 Å². The van der Waals surface area contributed by atoms with Gasteiger partial charge in [-0.15, -0.1) is 0 Å². The molecule has 0 bridgehead atoms. The topological polar surface area (TPSA) is 69.8 Å². The summed E-state index contributed by atoms with van der Waals surface area (Å²) in [5.41, 5.74) is 17.7. The Kier molecular flexibility index (Phi) is 13.4. The molecule has 6 heterocycles. The van der Waals surface area contributed by atoms with Crippen molar-refractivity contribution in [2.75, 3.05) is 0 Å². The molecule has 2 aliphatic rings. The van der Waals surface area contributed by atoms with E-state index in [0.29, 0.717) is 0 Å². The monoisotopic (exact) mass is 1290 g/mol. The Labute approximate surface area is 566 Å². The fourth-order valence-corrected chi connectivity index (χ4v) is 21.6. The zero-order valence-electron chi connectivity index (χ0n) is 53.0. The van der Waals surface area contributed by atoms with Gasteiger partial charge in [-0.05, 0) is 117 Å². The van der Waals surface area contributed by atoms with E-state index in [1.807, 2.05) is 84.9 Å². The average molecular weight is 1290 g/mol. The molecule has 0 saturated carbocycles. The Bertz CT molecular complexity index is 5850. The molecule has 0 saturated heterocycles. The summed E-state index contributed by atoms with van der Waals surface area (Å²) in [6, 6.07) is 122. The molecule has 460 valence electrons. The summed E-state index contributed by atoms with van der Waals surface area (Å²) >= 11 is 0. The quantitative estimate of drug-likeness (QED) is 0.142. The van der Waals surface area contributed by atoms with Crippen LogP contribution in [0.3, 0.4) is 0 Å². The molecule has 6 nitrogen and oxygen atoms in total. The van der Waals surface area contributed by atoms with Crippen molar-refractivity contribution in [3.8, 4) is 78.7 Å². The van der Waals surface area contributed by atoms with Gasteiger partial charge in [-0.1, -0.05) is 279 Å². The lowest BCUT2D eigenvalue weighted by Gasteiger charge is -2.16. The van der Waals surface area contributed by atoms with Crippen LogP contribution in [-0.2, 0) is 9.13 Å². The van der Waals surface area contributed by atoms with Crippen LogP contribution >= 0.6 is 14.3 Å². The van der Waals surface area contributed by atoms with E-state index >= 15 is 9.13 Å². The number of fused-ring (bicyclic) bond motifs is 16. The molecule has 0 fully saturated rings. The predicted molar refractivity (Wildman–Crippen MR) is 411 cm³/mol. The fourth-order valence-electron chi connectivity index (χ4n) is 15.5. The summed E-state index contributed by atoms with van der Waals surface area (Å²) in [6.45, 7) is 0. The maximum Gasteiger partial charge on any atom is 0.172 e. The molecular formula is C90H58N4O2P2. The van der Waals surface area contributed by atoms with Crippen LogP contribution in [0.25, 0.3) is 144 Å². The molecule has 0 N–H and O–H groups in total. The molecular weight excluding hydrogens is 1230 g/mol. The Balaban J connectivity index is 0.000000137. The SMILES string of the molecule is O=P1(c2ccccc2)c2cc3c4ccccc4n(-c4cc(-c5ccccc5)cc(-c5ccccc5)n4)c3cc2-c2c1ccc1ccccc21.O=P1(c2ccccc2)c2cc3c4ccccc4n(-c4cc(-c5ccccc5)nc(-c5ccccc5)c4)c3cc2-c2c1ccc1ccccc21. The minimum Gasteiger partial charge on any atom is -0.309 e. The highest BCUT2D eigenvalue weighted by Gasteiger charge is 2.44. The maximum atomic E-state index is 15.7. The van der Waals surface area contributed by atoms with E-state index in [4.69, 9.17) is 9.97 Å². The lowest BCUT2D eigenvalue weighted by atomic mass is 9.97. The zero-order chi connectivity index (χ0) is 65.1. The third-order valence-electron chi connectivity index (χ3n) is 20.0. The van der Waals surface area contributed by atoms with Crippen molar-refractivity contribution < 1.29 is 9.13 Å². The zero-order valence-corrected chi connectivity index (χ0v) is 54.8. The Morgan fingerprint density at radius 3 is 1.07 bits per heavy atom. The summed E-state index contributed by atoms with van der Waals surface area (Å²) in [7, 11) is -6.34. The third kappa shape index (κ3) is 8.96. The van der Waals surface area contributed by atoms with E-state index in [2.05, 4.69) is 276 Å². The van der Waals surface area contributed by atoms with Gasteiger partial charge in [0.1, 0.15) is 5.82 Å². The normalized spacial score (nSPS) is 15.1. The lowest BCUT2D eigenvalue weighted by molar-refractivity contribution is 0.592. The lowest BCUT2D eigenvalue weighted by Crippen LogP contribution is -2.20. The molecule has 2 unspecified atom stereocenters. The number of hydrogen-bond donors (Lipinski definition) is 0. The van der Waals surface area contributed by atoms with Crippen molar-refractivity contribution in [2.45, 2.75) is 0 Å². The van der Waals surface area contributed by atoms with Crippen LogP contribution in [0.5, 0.6) is 0 Å². The second-order valence-electron chi connectivity index (χ2n) is 25.4. The Morgan fingerprint density at radius 2 is 0.612 bits per heavy atom. The first-order chi connectivity index (χ1) is 48.4. The standard InChI is InChI=1S/2C45H29N2OP/c48-49(34-19-8-3-9-20-34)43-25-24-30-14-10-11-21-35(30)45(43)38-28-42-37(29-44(38)49)36-22-12-13-23-41(36)47(42)33-26-39(31-15-4-1-5-16-31)46-40(27-33)32-17-6-2-7-18-32;48-49(34-19-8-3-9-20-34)42-25-24-31-16-10-11-21-35(31)45(42)38-28-41-37(29-43(38)49)36-22-12-13-23-40(36)47(41)44-27-33(30-14-4-1-5-15-30)26-39(46-44)32-17-6-2-7-18-32/h2*1-29H. The predicted octanol–water partition coefficient (Wildman–Crippen LogP) is 20.6. The first-order valence-electron chi connectivity index (χ1n) is 33.2. The van der Waals surface area contributed by atoms with Crippen LogP contribution < -0.4 is 31.8 Å². The average Bonchev–Trinajstić information content (AvgIpc) is 1.54. The maximum absolute atomic E-state index is 15.7. The van der Waals surface area contributed by atoms with Gasteiger partial charge < -0.3 is 13.7 Å². The molecule has 4 aromatic heterocycles. The van der Waals surface area contributed by atoms with Crippen LogP contribution in [-0.4, -0.2) is 19.1 Å². The largest absolute Gasteiger partial charge is 0.309 e. The highest BCUT2D eigenvalue weighted by atomic mass is 31.2. The number of para-hydroxylation sites is 2. The summed E-state index contributed by atoms with van der Waals surface area (Å²) in [5.74, 6) is 0.841. The molecule has 0 aliphatic carbocycles. The summed E-state index contributed by atoms with van der Waals surface area (Å²) in [6.07, 6.45) is 0. The summed E-state index contributed by atoms with van der Waals surface area (Å²) in [4.78, 5) is 10.5. The van der Waals surface area contributed by atoms with Crippen molar-refractivity contribution in [1.82, 2.24) is 19.1 Å². The molecule has 0 radical (unpaired) electrons. The van der Waals surface area contributed by atoms with Crippen LogP contribution in [0.2, 0.25) is 0 Å². The second kappa shape index (κ2) is 22.8. The Hall–Kier alpha value is -12.0. The van der Waals surface area contributed by atoms with Crippen molar-refractivity contribution in [2.24, 2.45) is 0 Å². The second-order valence-corrected chi connectivity index (χ2v) is 30.8. The number of aromatic nitrogens is 4. The number of benzene rings is 14. The van der Waals surface area contributed by atoms with E-state index in [9.17, 15) is 0 Å². The number of hydrogen-bond acceptors (Lipinski definition) is 4. The molecule has 0 spiro atoms. The van der Waals surface area contributed by atoms with Gasteiger partial charge in [0.15, 0.2) is 14.3 Å². The highest BCUT2D eigenvalue weighted by molar-refractivity contribution is 7.87. The fraction of sp³-hybridized carbons (Fsp3) is 0. The first kappa shape index (κ1) is 57.4. The molecule has 2 atom stereocenters. The molecule has 2 aliphatic heterocycles. The number of pyridine rings is 2. The molecule has 18 aromatic rings. The van der Waals surface area contributed by atoms with Crippen molar-refractivity contribution in [3.63, 3.8) is 0 Å². The van der Waals surface area contributed by atoms with Gasteiger partial charge in [0, 0.05) is 81.2 Å². The summed E-state index contributed by atoms with van der Waals surface area (Å²) in [5, 5.41) is 14.3. The van der Waals surface area contributed by atoms with Crippen molar-refractivity contribution >= 4 is 111 Å². The molecule has 98 heavy (non-hydrogen) atoms. The van der Waals surface area contributed by atoms with Crippen LogP contribution in [0.1, 0.15) is 0 Å². The number of nitrogens with zero attached hydrogens (tertiary/aromatic N) is 4. The van der Waals surface area contributed by atoms with Gasteiger partial charge in [0.2, 0.25) is 0 Å². The minimum absolute atomic E-state index is 0.841. The molecule has 8 heteroatoms. The van der Waals surface area contributed by atoms with Gasteiger partial charge >= 0.3 is 0 Å². The van der Waals surface area contributed by atoms with Gasteiger partial charge in [-0.3, -0.25) is 4.57 Å². The smallest absolute Gasteiger partial charge is 0.172 e.